The molecule has 5 heteroatoms. The van der Waals surface area contributed by atoms with Gasteiger partial charge in [0.2, 0.25) is 0 Å². The summed E-state index contributed by atoms with van der Waals surface area (Å²) >= 11 is 0. The van der Waals surface area contributed by atoms with Gasteiger partial charge < -0.3 is 10.6 Å². The monoisotopic (exact) mass is 235 g/mol. The van der Waals surface area contributed by atoms with Crippen molar-refractivity contribution in [3.8, 4) is 0 Å². The molecule has 0 saturated heterocycles. The normalized spacial score (nSPS) is 12.2. The van der Waals surface area contributed by atoms with Crippen LogP contribution in [0.3, 0.4) is 0 Å². The maximum absolute atomic E-state index is 7.43. The predicted molar refractivity (Wildman–Crippen MR) is 70.5 cm³/mol. The van der Waals surface area contributed by atoms with E-state index in [1.165, 1.54) is 0 Å². The minimum atomic E-state index is 0.0329. The summed E-state index contributed by atoms with van der Waals surface area (Å²) in [6, 6.07) is 1.96. The van der Waals surface area contributed by atoms with Gasteiger partial charge in [-0.3, -0.25) is 5.41 Å². The molecule has 1 unspecified atom stereocenters. The summed E-state index contributed by atoms with van der Waals surface area (Å²) in [6.45, 7) is 9.42. The molecule has 0 amide bonds. The summed E-state index contributed by atoms with van der Waals surface area (Å²) < 4.78 is 0. The van der Waals surface area contributed by atoms with E-state index in [4.69, 9.17) is 11.1 Å². The standard InChI is InChI=1S/C12H21N5/c1-5-17(7-8(2)12(13)14)11-6-9(3)15-10(4)16-11/h6,8H,5,7H2,1-4H3,(H3,13,14). The summed E-state index contributed by atoms with van der Waals surface area (Å²) in [5.41, 5.74) is 6.46. The zero-order chi connectivity index (χ0) is 13.0. The van der Waals surface area contributed by atoms with E-state index in [1.807, 2.05) is 26.8 Å². The molecule has 1 rings (SSSR count). The van der Waals surface area contributed by atoms with Crippen LogP contribution in [0.25, 0.3) is 0 Å². The van der Waals surface area contributed by atoms with Gasteiger partial charge in [0.1, 0.15) is 11.6 Å². The Morgan fingerprint density at radius 1 is 1.47 bits per heavy atom. The molecule has 94 valence electrons. The maximum atomic E-state index is 7.43. The van der Waals surface area contributed by atoms with Gasteiger partial charge >= 0.3 is 0 Å². The first-order valence-electron chi connectivity index (χ1n) is 5.85. The van der Waals surface area contributed by atoms with Crippen molar-refractivity contribution in [2.75, 3.05) is 18.0 Å². The maximum Gasteiger partial charge on any atom is 0.132 e. The second kappa shape index (κ2) is 5.61. The fraction of sp³-hybridized carbons (Fsp3) is 0.583. The number of anilines is 1. The number of nitrogens with zero attached hydrogens (tertiary/aromatic N) is 3. The highest BCUT2D eigenvalue weighted by Gasteiger charge is 2.13. The number of aromatic nitrogens is 2. The highest BCUT2D eigenvalue weighted by Crippen LogP contribution is 2.14. The van der Waals surface area contributed by atoms with E-state index < -0.39 is 0 Å². The van der Waals surface area contributed by atoms with Crippen molar-refractivity contribution in [3.63, 3.8) is 0 Å². The Kier molecular flexibility index (Phi) is 4.43. The molecule has 1 aromatic heterocycles. The largest absolute Gasteiger partial charge is 0.387 e. The lowest BCUT2D eigenvalue weighted by Gasteiger charge is -2.25. The van der Waals surface area contributed by atoms with Gasteiger partial charge in [-0.15, -0.1) is 0 Å². The van der Waals surface area contributed by atoms with Gasteiger partial charge in [0.05, 0.1) is 5.84 Å². The smallest absolute Gasteiger partial charge is 0.132 e. The molecule has 1 atom stereocenters. The van der Waals surface area contributed by atoms with Crippen LogP contribution in [0.15, 0.2) is 6.07 Å². The van der Waals surface area contributed by atoms with Crippen molar-refractivity contribution >= 4 is 11.7 Å². The molecule has 0 saturated carbocycles. The number of rotatable bonds is 5. The summed E-state index contributed by atoms with van der Waals surface area (Å²) in [4.78, 5) is 10.8. The molecule has 1 heterocycles. The van der Waals surface area contributed by atoms with Crippen LogP contribution in [-0.4, -0.2) is 28.9 Å². The SMILES string of the molecule is CCN(CC(C)C(=N)N)c1cc(C)nc(C)n1. The van der Waals surface area contributed by atoms with Crippen molar-refractivity contribution in [1.29, 1.82) is 5.41 Å². The van der Waals surface area contributed by atoms with Crippen LogP contribution in [0.1, 0.15) is 25.4 Å². The zero-order valence-corrected chi connectivity index (χ0v) is 11.0. The van der Waals surface area contributed by atoms with Gasteiger partial charge in [-0.25, -0.2) is 9.97 Å². The predicted octanol–water partition coefficient (Wildman–Crippen LogP) is 1.49. The van der Waals surface area contributed by atoms with Crippen molar-refractivity contribution in [1.82, 2.24) is 9.97 Å². The summed E-state index contributed by atoms with van der Waals surface area (Å²) in [5, 5.41) is 7.43. The summed E-state index contributed by atoms with van der Waals surface area (Å²) in [7, 11) is 0. The van der Waals surface area contributed by atoms with Gasteiger partial charge in [-0.05, 0) is 20.8 Å². The molecule has 0 aliphatic rings. The van der Waals surface area contributed by atoms with Crippen LogP contribution in [0.4, 0.5) is 5.82 Å². The second-order valence-corrected chi connectivity index (χ2v) is 4.31. The first kappa shape index (κ1) is 13.4. The lowest BCUT2D eigenvalue weighted by Crippen LogP contribution is -2.35. The Balaban J connectivity index is 2.89. The molecule has 0 fully saturated rings. The Morgan fingerprint density at radius 2 is 2.12 bits per heavy atom. The Morgan fingerprint density at radius 3 is 2.59 bits per heavy atom. The van der Waals surface area contributed by atoms with Crippen molar-refractivity contribution in [2.45, 2.75) is 27.7 Å². The third kappa shape index (κ3) is 3.69. The van der Waals surface area contributed by atoms with E-state index >= 15 is 0 Å². The van der Waals surface area contributed by atoms with Gasteiger partial charge in [-0.1, -0.05) is 6.92 Å². The van der Waals surface area contributed by atoms with Crippen LogP contribution in [0.2, 0.25) is 0 Å². The third-order valence-electron chi connectivity index (χ3n) is 2.68. The van der Waals surface area contributed by atoms with E-state index in [1.54, 1.807) is 0 Å². The Bertz CT molecular complexity index is 382. The molecule has 0 aliphatic heterocycles. The zero-order valence-electron chi connectivity index (χ0n) is 11.0. The number of aryl methyl sites for hydroxylation is 2. The average molecular weight is 235 g/mol. The fourth-order valence-electron chi connectivity index (χ4n) is 1.67. The van der Waals surface area contributed by atoms with E-state index in [0.29, 0.717) is 6.54 Å². The second-order valence-electron chi connectivity index (χ2n) is 4.31. The lowest BCUT2D eigenvalue weighted by molar-refractivity contribution is 0.687. The molecular formula is C12H21N5. The van der Waals surface area contributed by atoms with Gasteiger partial charge in [0, 0.05) is 30.8 Å². The van der Waals surface area contributed by atoms with E-state index in [2.05, 4.69) is 21.8 Å². The van der Waals surface area contributed by atoms with Crippen LogP contribution in [0, 0.1) is 25.2 Å². The van der Waals surface area contributed by atoms with Gasteiger partial charge in [0.15, 0.2) is 0 Å². The van der Waals surface area contributed by atoms with Crippen LogP contribution < -0.4 is 10.6 Å². The van der Waals surface area contributed by atoms with Crippen LogP contribution >= 0.6 is 0 Å². The van der Waals surface area contributed by atoms with Crippen LogP contribution in [0.5, 0.6) is 0 Å². The minimum Gasteiger partial charge on any atom is -0.387 e. The van der Waals surface area contributed by atoms with Gasteiger partial charge in [-0.2, -0.15) is 0 Å². The molecule has 0 spiro atoms. The minimum absolute atomic E-state index is 0.0329. The summed E-state index contributed by atoms with van der Waals surface area (Å²) in [5.74, 6) is 1.93. The molecule has 0 radical (unpaired) electrons. The van der Waals surface area contributed by atoms with Gasteiger partial charge in [0.25, 0.3) is 0 Å². The molecule has 0 bridgehead atoms. The number of hydrogen-bond acceptors (Lipinski definition) is 4. The Labute approximate surface area is 103 Å². The van der Waals surface area contributed by atoms with E-state index in [9.17, 15) is 0 Å². The first-order valence-corrected chi connectivity index (χ1v) is 5.85. The molecule has 0 aromatic carbocycles. The fourth-order valence-corrected chi connectivity index (χ4v) is 1.67. The third-order valence-corrected chi connectivity index (χ3v) is 2.68. The number of amidine groups is 1. The quantitative estimate of drug-likeness (QED) is 0.598. The number of nitrogens with two attached hydrogens (primary N) is 1. The number of hydrogen-bond donors (Lipinski definition) is 2. The van der Waals surface area contributed by atoms with E-state index in [0.717, 1.165) is 23.9 Å². The summed E-state index contributed by atoms with van der Waals surface area (Å²) in [6.07, 6.45) is 0. The van der Waals surface area contributed by atoms with Crippen molar-refractivity contribution in [3.05, 3.63) is 17.6 Å². The molecule has 5 nitrogen and oxygen atoms in total. The highest BCUT2D eigenvalue weighted by atomic mass is 15.2. The lowest BCUT2D eigenvalue weighted by atomic mass is 10.1. The highest BCUT2D eigenvalue weighted by molar-refractivity contribution is 5.79. The molecule has 1 aromatic rings. The first-order chi connectivity index (χ1) is 7.93. The molecule has 17 heavy (non-hydrogen) atoms. The topological polar surface area (TPSA) is 78.9 Å². The number of nitrogens with one attached hydrogen (secondary N) is 1. The molecular weight excluding hydrogens is 214 g/mol. The van der Waals surface area contributed by atoms with Crippen LogP contribution in [-0.2, 0) is 0 Å². The Hall–Kier alpha value is -1.65. The van der Waals surface area contributed by atoms with Crippen molar-refractivity contribution in [2.24, 2.45) is 11.7 Å². The average Bonchev–Trinajstić information content (AvgIpc) is 2.23. The van der Waals surface area contributed by atoms with Crippen molar-refractivity contribution < 1.29 is 0 Å². The molecule has 0 aliphatic carbocycles. The molecule has 3 N–H and O–H groups in total. The van der Waals surface area contributed by atoms with E-state index in [-0.39, 0.29) is 11.8 Å².